The fourth-order valence-corrected chi connectivity index (χ4v) is 2.51. The first-order valence-corrected chi connectivity index (χ1v) is 7.46. The summed E-state index contributed by atoms with van der Waals surface area (Å²) < 4.78 is 22.7. The standard InChI is InChI=1S/C12H18N2O4S/c1-3-4-5-14-10-6-8(2)11(19(13,17)18)7-9(10)12(15)16/h6-7,14H,3-5H2,1-2H3,(H,15,16)(H2,13,17,18). The maximum atomic E-state index is 11.4. The monoisotopic (exact) mass is 286 g/mol. The van der Waals surface area contributed by atoms with Gasteiger partial charge in [-0.2, -0.15) is 0 Å². The van der Waals surface area contributed by atoms with Gasteiger partial charge in [-0.3, -0.25) is 0 Å². The Balaban J connectivity index is 3.26. The van der Waals surface area contributed by atoms with E-state index < -0.39 is 16.0 Å². The minimum Gasteiger partial charge on any atom is -0.478 e. The fourth-order valence-electron chi connectivity index (χ4n) is 1.72. The largest absolute Gasteiger partial charge is 0.478 e. The molecule has 0 bridgehead atoms. The summed E-state index contributed by atoms with van der Waals surface area (Å²) in [5.74, 6) is -1.19. The second-order valence-corrected chi connectivity index (χ2v) is 5.82. The number of aromatic carboxylic acids is 1. The molecule has 0 saturated heterocycles. The minimum absolute atomic E-state index is 0.0919. The van der Waals surface area contributed by atoms with Gasteiger partial charge >= 0.3 is 5.97 Å². The molecule has 106 valence electrons. The highest BCUT2D eigenvalue weighted by molar-refractivity contribution is 7.89. The van der Waals surface area contributed by atoms with Crippen molar-refractivity contribution in [3.63, 3.8) is 0 Å². The van der Waals surface area contributed by atoms with Gasteiger partial charge in [-0.15, -0.1) is 0 Å². The van der Waals surface area contributed by atoms with Gasteiger partial charge in [0.25, 0.3) is 0 Å². The topological polar surface area (TPSA) is 109 Å². The van der Waals surface area contributed by atoms with Crippen molar-refractivity contribution in [3.8, 4) is 0 Å². The molecule has 0 radical (unpaired) electrons. The van der Waals surface area contributed by atoms with Crippen LogP contribution < -0.4 is 10.5 Å². The number of primary sulfonamides is 1. The molecular formula is C12H18N2O4S. The van der Waals surface area contributed by atoms with Crippen molar-refractivity contribution in [2.45, 2.75) is 31.6 Å². The molecule has 7 heteroatoms. The van der Waals surface area contributed by atoms with Crippen LogP contribution in [-0.4, -0.2) is 26.0 Å². The summed E-state index contributed by atoms with van der Waals surface area (Å²) >= 11 is 0. The van der Waals surface area contributed by atoms with E-state index in [1.54, 1.807) is 6.92 Å². The second-order valence-electron chi connectivity index (χ2n) is 4.29. The van der Waals surface area contributed by atoms with Crippen molar-refractivity contribution < 1.29 is 18.3 Å². The normalized spacial score (nSPS) is 11.3. The van der Waals surface area contributed by atoms with Gasteiger partial charge in [-0.25, -0.2) is 18.4 Å². The molecule has 1 aromatic rings. The zero-order valence-electron chi connectivity index (χ0n) is 10.9. The number of sulfonamides is 1. The Labute approximate surface area is 112 Å². The van der Waals surface area contributed by atoms with Crippen LogP contribution in [-0.2, 0) is 10.0 Å². The van der Waals surface area contributed by atoms with Crippen LogP contribution >= 0.6 is 0 Å². The molecule has 0 unspecified atom stereocenters. The average Bonchev–Trinajstić information content (AvgIpc) is 2.27. The van der Waals surface area contributed by atoms with Gasteiger partial charge in [0.05, 0.1) is 10.5 Å². The van der Waals surface area contributed by atoms with Gasteiger partial charge in [-0.1, -0.05) is 13.3 Å². The van der Waals surface area contributed by atoms with Crippen LogP contribution in [0.1, 0.15) is 35.7 Å². The van der Waals surface area contributed by atoms with Crippen molar-refractivity contribution in [1.29, 1.82) is 0 Å². The van der Waals surface area contributed by atoms with Crippen molar-refractivity contribution in [2.24, 2.45) is 5.14 Å². The number of carboxylic acid groups (broad SMARTS) is 1. The van der Waals surface area contributed by atoms with E-state index >= 15 is 0 Å². The molecule has 0 heterocycles. The summed E-state index contributed by atoms with van der Waals surface area (Å²) in [5, 5.41) is 17.2. The Bertz CT molecular complexity index is 582. The molecule has 0 aromatic heterocycles. The third-order valence-electron chi connectivity index (χ3n) is 2.70. The first-order chi connectivity index (χ1) is 8.77. The van der Waals surface area contributed by atoms with Crippen molar-refractivity contribution in [1.82, 2.24) is 0 Å². The molecule has 4 N–H and O–H groups in total. The predicted molar refractivity (Wildman–Crippen MR) is 72.9 cm³/mol. The molecule has 0 aliphatic heterocycles. The number of carbonyl (C=O) groups is 1. The summed E-state index contributed by atoms with van der Waals surface area (Å²) in [4.78, 5) is 11.0. The van der Waals surface area contributed by atoms with E-state index in [1.165, 1.54) is 6.07 Å². The molecule has 6 nitrogen and oxygen atoms in total. The lowest BCUT2D eigenvalue weighted by molar-refractivity contribution is 0.0697. The lowest BCUT2D eigenvalue weighted by Gasteiger charge is -2.12. The Morgan fingerprint density at radius 3 is 2.53 bits per heavy atom. The first kappa shape index (κ1) is 15.5. The Kier molecular flexibility index (Phi) is 4.90. The predicted octanol–water partition coefficient (Wildman–Crippen LogP) is 1.55. The lowest BCUT2D eigenvalue weighted by atomic mass is 10.1. The summed E-state index contributed by atoms with van der Waals surface area (Å²) in [6, 6.07) is 2.60. The number of nitrogens with two attached hydrogens (primary N) is 1. The maximum absolute atomic E-state index is 11.4. The van der Waals surface area contributed by atoms with Crippen LogP contribution in [0, 0.1) is 6.92 Å². The van der Waals surface area contributed by atoms with Crippen molar-refractivity contribution >= 4 is 21.7 Å². The summed E-state index contributed by atoms with van der Waals surface area (Å²) in [5.41, 5.74) is 0.739. The third-order valence-corrected chi connectivity index (χ3v) is 3.75. The molecule has 0 atom stereocenters. The quantitative estimate of drug-likeness (QED) is 0.687. The van der Waals surface area contributed by atoms with Crippen LogP contribution in [0.2, 0.25) is 0 Å². The Hall–Kier alpha value is -1.60. The molecule has 19 heavy (non-hydrogen) atoms. The van der Waals surface area contributed by atoms with Gasteiger partial charge in [0.15, 0.2) is 0 Å². The molecule has 0 fully saturated rings. The number of unbranched alkanes of at least 4 members (excludes halogenated alkanes) is 1. The average molecular weight is 286 g/mol. The Morgan fingerprint density at radius 1 is 1.42 bits per heavy atom. The van der Waals surface area contributed by atoms with Gasteiger partial charge in [-0.05, 0) is 31.0 Å². The number of benzene rings is 1. The highest BCUT2D eigenvalue weighted by Crippen LogP contribution is 2.24. The SMILES string of the molecule is CCCCNc1cc(C)c(S(N)(=O)=O)cc1C(=O)O. The number of hydrogen-bond acceptors (Lipinski definition) is 4. The Morgan fingerprint density at radius 2 is 2.05 bits per heavy atom. The lowest BCUT2D eigenvalue weighted by Crippen LogP contribution is -2.16. The van der Waals surface area contributed by atoms with Gasteiger partial charge in [0, 0.05) is 12.2 Å². The minimum atomic E-state index is -3.92. The van der Waals surface area contributed by atoms with E-state index in [0.717, 1.165) is 18.9 Å². The van der Waals surface area contributed by atoms with E-state index in [2.05, 4.69) is 5.32 Å². The highest BCUT2D eigenvalue weighted by Gasteiger charge is 2.18. The first-order valence-electron chi connectivity index (χ1n) is 5.92. The van der Waals surface area contributed by atoms with Gasteiger partial charge in [0.2, 0.25) is 10.0 Å². The second kappa shape index (κ2) is 6.03. The van der Waals surface area contributed by atoms with Crippen LogP contribution in [0.4, 0.5) is 5.69 Å². The highest BCUT2D eigenvalue weighted by atomic mass is 32.2. The molecule has 0 amide bonds. The van der Waals surface area contributed by atoms with Crippen LogP contribution in [0.25, 0.3) is 0 Å². The van der Waals surface area contributed by atoms with E-state index in [1.807, 2.05) is 6.92 Å². The molecule has 1 aromatic carbocycles. The molecular weight excluding hydrogens is 268 g/mol. The van der Waals surface area contributed by atoms with Crippen molar-refractivity contribution in [3.05, 3.63) is 23.3 Å². The molecule has 0 aliphatic carbocycles. The maximum Gasteiger partial charge on any atom is 0.337 e. The summed E-state index contributed by atoms with van der Waals surface area (Å²) in [6.45, 7) is 4.23. The van der Waals surface area contributed by atoms with Gasteiger partial charge in [0.1, 0.15) is 0 Å². The molecule has 1 rings (SSSR count). The zero-order chi connectivity index (χ0) is 14.6. The molecule has 0 saturated carbocycles. The van der Waals surface area contributed by atoms with E-state index in [4.69, 9.17) is 10.2 Å². The number of aryl methyl sites for hydroxylation is 1. The van der Waals surface area contributed by atoms with E-state index in [0.29, 0.717) is 17.8 Å². The third kappa shape index (κ3) is 3.93. The molecule has 0 aliphatic rings. The van der Waals surface area contributed by atoms with Gasteiger partial charge < -0.3 is 10.4 Å². The van der Waals surface area contributed by atoms with Crippen LogP contribution in [0.15, 0.2) is 17.0 Å². The smallest absolute Gasteiger partial charge is 0.337 e. The number of carboxylic acids is 1. The summed E-state index contributed by atoms with van der Waals surface area (Å²) in [6.07, 6.45) is 1.87. The van der Waals surface area contributed by atoms with Crippen LogP contribution in [0.5, 0.6) is 0 Å². The number of anilines is 1. The number of nitrogens with one attached hydrogen (secondary N) is 1. The summed E-state index contributed by atoms with van der Waals surface area (Å²) in [7, 11) is -3.92. The fraction of sp³-hybridized carbons (Fsp3) is 0.417. The van der Waals surface area contributed by atoms with E-state index in [-0.39, 0.29) is 10.5 Å². The van der Waals surface area contributed by atoms with Crippen LogP contribution in [0.3, 0.4) is 0 Å². The molecule has 0 spiro atoms. The zero-order valence-corrected chi connectivity index (χ0v) is 11.8. The number of rotatable bonds is 6. The number of hydrogen-bond donors (Lipinski definition) is 3. The van der Waals surface area contributed by atoms with E-state index in [9.17, 15) is 13.2 Å². The van der Waals surface area contributed by atoms with Crippen molar-refractivity contribution in [2.75, 3.05) is 11.9 Å².